The molecule has 5 atom stereocenters. The number of carbonyl (C=O) groups is 1. The largest absolute Gasteiger partial charge is 0.393 e. The van der Waals surface area contributed by atoms with Crippen LogP contribution in [0.5, 0.6) is 0 Å². The minimum absolute atomic E-state index is 0.232. The number of rotatable bonds is 5. The lowest BCUT2D eigenvalue weighted by Gasteiger charge is -2.69. The molecule has 2 unspecified atom stereocenters. The van der Waals surface area contributed by atoms with Crippen molar-refractivity contribution in [3.05, 3.63) is 35.9 Å². The van der Waals surface area contributed by atoms with Crippen molar-refractivity contribution in [2.24, 2.45) is 5.41 Å². The van der Waals surface area contributed by atoms with E-state index < -0.39 is 40.4 Å². The van der Waals surface area contributed by atoms with Gasteiger partial charge in [0.25, 0.3) is 0 Å². The molecule has 0 aromatic heterocycles. The van der Waals surface area contributed by atoms with Crippen LogP contribution in [0.2, 0.25) is 0 Å². The minimum Gasteiger partial charge on any atom is -0.393 e. The Labute approximate surface area is 171 Å². The molecule has 1 aromatic carbocycles. The lowest BCUT2D eigenvalue weighted by atomic mass is 9.57. The van der Waals surface area contributed by atoms with E-state index in [1.165, 1.54) is 20.8 Å². The second-order valence-electron chi connectivity index (χ2n) is 10.2. The van der Waals surface area contributed by atoms with Gasteiger partial charge >= 0.3 is 0 Å². The molecule has 4 aliphatic heterocycles. The first kappa shape index (κ1) is 20.9. The van der Waals surface area contributed by atoms with E-state index in [0.717, 1.165) is 5.56 Å². The number of nitrogens with zero attached hydrogens (tertiary/aromatic N) is 2. The van der Waals surface area contributed by atoms with E-state index in [1.807, 2.05) is 37.3 Å². The summed E-state index contributed by atoms with van der Waals surface area (Å²) >= 11 is 0. The Morgan fingerprint density at radius 3 is 2.00 bits per heavy atom. The molecular formula is C22H32N2O5. The monoisotopic (exact) mass is 404 g/mol. The standard InChI is InChI=1S/C22H32N2O5/c1-18-10-23-12-22(16(18)26,15-8-6-5-7-9-15)13-24(11-18)17(23)20(3,28)21(4,29)19(2,27)14-25/h5-9,17,25,27-29H,10-14H2,1-4H3/t17?,18?,19-,20+,21+,22?/m1/s1. The number of aliphatic hydroxyl groups is 4. The first-order valence-electron chi connectivity index (χ1n) is 10.2. The zero-order valence-electron chi connectivity index (χ0n) is 17.6. The molecule has 5 rings (SSSR count). The molecule has 1 aromatic rings. The smallest absolute Gasteiger partial charge is 0.154 e. The van der Waals surface area contributed by atoms with E-state index >= 15 is 0 Å². The van der Waals surface area contributed by atoms with E-state index in [4.69, 9.17) is 0 Å². The quantitative estimate of drug-likeness (QED) is 0.535. The molecule has 4 aliphatic rings. The van der Waals surface area contributed by atoms with Crippen molar-refractivity contribution >= 4 is 5.78 Å². The maximum absolute atomic E-state index is 13.5. The number of carbonyl (C=O) groups excluding carboxylic acids is 1. The molecule has 29 heavy (non-hydrogen) atoms. The third-order valence-electron chi connectivity index (χ3n) is 7.90. The number of benzene rings is 1. The lowest BCUT2D eigenvalue weighted by Crippen LogP contribution is -2.86. The normalized spacial score (nSPS) is 42.2. The molecule has 4 saturated heterocycles. The van der Waals surface area contributed by atoms with Crippen LogP contribution in [0.25, 0.3) is 0 Å². The van der Waals surface area contributed by atoms with Crippen LogP contribution in [-0.2, 0) is 10.2 Å². The Morgan fingerprint density at radius 1 is 1.00 bits per heavy atom. The van der Waals surface area contributed by atoms with Crippen molar-refractivity contribution in [1.82, 2.24) is 9.80 Å². The van der Waals surface area contributed by atoms with Crippen molar-refractivity contribution in [2.75, 3.05) is 32.8 Å². The van der Waals surface area contributed by atoms with Gasteiger partial charge in [0.1, 0.15) is 16.8 Å². The molecule has 7 heteroatoms. The molecular weight excluding hydrogens is 372 g/mol. The fourth-order valence-corrected chi connectivity index (χ4v) is 5.98. The average molecular weight is 405 g/mol. The Bertz CT molecular complexity index is 804. The fourth-order valence-electron chi connectivity index (χ4n) is 5.98. The molecule has 0 amide bonds. The van der Waals surface area contributed by atoms with Gasteiger partial charge in [-0.1, -0.05) is 37.3 Å². The Balaban J connectivity index is 1.77. The average Bonchev–Trinajstić information content (AvgIpc) is 2.65. The van der Waals surface area contributed by atoms with Crippen LogP contribution in [0, 0.1) is 5.41 Å². The van der Waals surface area contributed by atoms with Crippen LogP contribution >= 0.6 is 0 Å². The van der Waals surface area contributed by atoms with Gasteiger partial charge in [-0.15, -0.1) is 0 Å². The van der Waals surface area contributed by atoms with Crippen LogP contribution in [-0.4, -0.2) is 91.8 Å². The maximum Gasteiger partial charge on any atom is 0.154 e. The summed E-state index contributed by atoms with van der Waals surface area (Å²) in [6, 6.07) is 9.77. The minimum atomic E-state index is -1.99. The highest BCUT2D eigenvalue weighted by Crippen LogP contribution is 2.53. The lowest BCUT2D eigenvalue weighted by molar-refractivity contribution is -0.294. The summed E-state index contributed by atoms with van der Waals surface area (Å²) in [6.45, 7) is 7.31. The fraction of sp³-hybridized carbons (Fsp3) is 0.682. The summed E-state index contributed by atoms with van der Waals surface area (Å²) in [5.41, 5.74) is -5.92. The highest BCUT2D eigenvalue weighted by atomic mass is 16.4. The van der Waals surface area contributed by atoms with Crippen LogP contribution in [0.3, 0.4) is 0 Å². The van der Waals surface area contributed by atoms with Gasteiger partial charge in [-0.3, -0.25) is 14.6 Å². The zero-order chi connectivity index (χ0) is 21.5. The van der Waals surface area contributed by atoms with Gasteiger partial charge < -0.3 is 20.4 Å². The van der Waals surface area contributed by atoms with E-state index in [0.29, 0.717) is 26.2 Å². The van der Waals surface area contributed by atoms with E-state index in [1.54, 1.807) is 0 Å². The summed E-state index contributed by atoms with van der Waals surface area (Å²) in [5, 5.41) is 43.0. The molecule has 0 aliphatic carbocycles. The number of Topliss-reactive ketones (excluding diaryl/α,β-unsaturated/α-hetero) is 1. The Hall–Kier alpha value is -1.35. The summed E-state index contributed by atoms with van der Waals surface area (Å²) in [4.78, 5) is 17.7. The molecule has 160 valence electrons. The third-order valence-corrected chi connectivity index (χ3v) is 7.90. The van der Waals surface area contributed by atoms with Crippen LogP contribution in [0.15, 0.2) is 30.3 Å². The Kier molecular flexibility index (Phi) is 4.39. The van der Waals surface area contributed by atoms with E-state index in [2.05, 4.69) is 9.80 Å². The molecule has 0 radical (unpaired) electrons. The van der Waals surface area contributed by atoms with Crippen molar-refractivity contribution in [3.8, 4) is 0 Å². The summed E-state index contributed by atoms with van der Waals surface area (Å²) < 4.78 is 0. The van der Waals surface area contributed by atoms with Gasteiger partial charge in [0.15, 0.2) is 5.78 Å². The van der Waals surface area contributed by atoms with Crippen LogP contribution in [0.4, 0.5) is 0 Å². The first-order chi connectivity index (χ1) is 13.3. The zero-order valence-corrected chi connectivity index (χ0v) is 17.6. The van der Waals surface area contributed by atoms with Gasteiger partial charge in [0, 0.05) is 26.2 Å². The topological polar surface area (TPSA) is 104 Å². The van der Waals surface area contributed by atoms with Gasteiger partial charge in [0.05, 0.1) is 23.6 Å². The number of aliphatic hydroxyl groups excluding tert-OH is 1. The van der Waals surface area contributed by atoms with E-state index in [-0.39, 0.29) is 5.78 Å². The predicted octanol–water partition coefficient (Wildman–Crippen LogP) is -0.284. The molecule has 0 saturated carbocycles. The van der Waals surface area contributed by atoms with Crippen LogP contribution < -0.4 is 0 Å². The van der Waals surface area contributed by atoms with Gasteiger partial charge in [-0.05, 0) is 26.3 Å². The summed E-state index contributed by atoms with van der Waals surface area (Å²) in [7, 11) is 0. The Morgan fingerprint density at radius 2 is 1.52 bits per heavy atom. The van der Waals surface area contributed by atoms with Crippen molar-refractivity contribution < 1.29 is 25.2 Å². The first-order valence-corrected chi connectivity index (χ1v) is 10.2. The maximum atomic E-state index is 13.5. The number of hydrogen-bond donors (Lipinski definition) is 4. The molecule has 4 N–H and O–H groups in total. The SMILES string of the molecule is CC12CN3CC(c4ccccc4)(CN(C1)C3[C@](C)(O)[C@@](C)(O)[C@](C)(O)CO)C2=O. The molecule has 4 heterocycles. The molecule has 7 nitrogen and oxygen atoms in total. The molecule has 0 spiro atoms. The highest BCUT2D eigenvalue weighted by Gasteiger charge is 2.70. The number of piperidine rings is 2. The second kappa shape index (κ2) is 6.09. The van der Waals surface area contributed by atoms with Crippen molar-refractivity contribution in [2.45, 2.75) is 56.1 Å². The van der Waals surface area contributed by atoms with E-state index in [9.17, 15) is 25.2 Å². The highest BCUT2D eigenvalue weighted by molar-refractivity contribution is 5.97. The summed E-state index contributed by atoms with van der Waals surface area (Å²) in [6.07, 6.45) is -0.589. The third kappa shape index (κ3) is 2.55. The number of hydrogen-bond acceptors (Lipinski definition) is 7. The number of ketones is 1. The van der Waals surface area contributed by atoms with Gasteiger partial charge in [-0.25, -0.2) is 0 Å². The van der Waals surface area contributed by atoms with Gasteiger partial charge in [0.2, 0.25) is 0 Å². The van der Waals surface area contributed by atoms with Gasteiger partial charge in [-0.2, -0.15) is 0 Å². The molecule has 4 fully saturated rings. The second-order valence-corrected chi connectivity index (χ2v) is 10.2. The molecule has 4 bridgehead atoms. The van der Waals surface area contributed by atoms with Crippen molar-refractivity contribution in [1.29, 1.82) is 0 Å². The van der Waals surface area contributed by atoms with Crippen LogP contribution in [0.1, 0.15) is 33.3 Å². The predicted molar refractivity (Wildman–Crippen MR) is 107 cm³/mol. The summed E-state index contributed by atoms with van der Waals surface area (Å²) in [5.74, 6) is 0.232. The van der Waals surface area contributed by atoms with Crippen molar-refractivity contribution in [3.63, 3.8) is 0 Å².